The molecule has 2 aliphatic rings. The van der Waals surface area contributed by atoms with Crippen LogP contribution in [0.2, 0.25) is 0 Å². The molecular formula is C26H34N2O2S. The van der Waals surface area contributed by atoms with E-state index in [1.807, 2.05) is 28.0 Å². The summed E-state index contributed by atoms with van der Waals surface area (Å²) in [5.74, 6) is 0.907. The normalized spacial score (nSPS) is 18.7. The Morgan fingerprint density at radius 3 is 2.65 bits per heavy atom. The first kappa shape index (κ1) is 22.1. The van der Waals surface area contributed by atoms with Crippen molar-refractivity contribution in [2.45, 2.75) is 64.3 Å². The second kappa shape index (κ2) is 10.4. The maximum atomic E-state index is 13.5. The zero-order valence-corrected chi connectivity index (χ0v) is 19.4. The van der Waals surface area contributed by atoms with Crippen molar-refractivity contribution in [1.82, 2.24) is 9.80 Å². The first-order chi connectivity index (χ1) is 15.2. The molecule has 31 heavy (non-hydrogen) atoms. The highest BCUT2D eigenvalue weighted by Crippen LogP contribution is 2.37. The second-order valence-electron chi connectivity index (χ2n) is 8.95. The molecule has 1 atom stereocenters. The van der Waals surface area contributed by atoms with Crippen LogP contribution in [0.25, 0.3) is 0 Å². The second-order valence-corrected chi connectivity index (χ2v) is 9.95. The predicted molar refractivity (Wildman–Crippen MR) is 126 cm³/mol. The van der Waals surface area contributed by atoms with E-state index in [0.717, 1.165) is 24.8 Å². The van der Waals surface area contributed by atoms with E-state index in [0.29, 0.717) is 25.4 Å². The molecule has 2 amide bonds. The number of benzene rings is 1. The molecule has 1 fully saturated rings. The van der Waals surface area contributed by atoms with Gasteiger partial charge in [0, 0.05) is 24.4 Å². The third-order valence-corrected chi connectivity index (χ3v) is 7.81. The molecule has 0 radical (unpaired) electrons. The van der Waals surface area contributed by atoms with Crippen molar-refractivity contribution in [3.63, 3.8) is 0 Å². The van der Waals surface area contributed by atoms with E-state index in [2.05, 4.69) is 30.5 Å². The molecule has 4 rings (SSSR count). The minimum Gasteiger partial charge on any atom is -0.333 e. The third kappa shape index (κ3) is 5.20. The van der Waals surface area contributed by atoms with Crippen molar-refractivity contribution < 1.29 is 9.59 Å². The van der Waals surface area contributed by atoms with Crippen LogP contribution in [0.5, 0.6) is 0 Å². The summed E-state index contributed by atoms with van der Waals surface area (Å²) in [5.41, 5.74) is 2.38. The van der Waals surface area contributed by atoms with Crippen molar-refractivity contribution >= 4 is 23.2 Å². The molecule has 0 spiro atoms. The maximum Gasteiger partial charge on any atom is 0.242 e. The molecule has 1 unspecified atom stereocenters. The Balaban J connectivity index is 1.47. The zero-order valence-electron chi connectivity index (χ0n) is 18.6. The fourth-order valence-electron chi connectivity index (χ4n) is 5.18. The zero-order chi connectivity index (χ0) is 21.6. The summed E-state index contributed by atoms with van der Waals surface area (Å²) in [6, 6.07) is 12.4. The van der Waals surface area contributed by atoms with Gasteiger partial charge in [-0.15, -0.1) is 11.3 Å². The van der Waals surface area contributed by atoms with Gasteiger partial charge in [0.05, 0.1) is 12.6 Å². The van der Waals surface area contributed by atoms with Gasteiger partial charge < -0.3 is 9.80 Å². The topological polar surface area (TPSA) is 40.6 Å². The first-order valence-corrected chi connectivity index (χ1v) is 12.7. The lowest BCUT2D eigenvalue weighted by atomic mass is 9.93. The Morgan fingerprint density at radius 2 is 1.90 bits per heavy atom. The SMILES string of the molecule is CCCN(CC(=O)N1CCc2sccc2C1c1ccccc1)C(=O)CCC1CCCC1. The summed E-state index contributed by atoms with van der Waals surface area (Å²) in [5, 5.41) is 2.13. The van der Waals surface area contributed by atoms with Crippen molar-refractivity contribution in [2.75, 3.05) is 19.6 Å². The highest BCUT2D eigenvalue weighted by Gasteiger charge is 2.33. The van der Waals surface area contributed by atoms with E-state index < -0.39 is 0 Å². The Morgan fingerprint density at radius 1 is 1.13 bits per heavy atom. The fraction of sp³-hybridized carbons (Fsp3) is 0.538. The summed E-state index contributed by atoms with van der Waals surface area (Å²) < 4.78 is 0. The third-order valence-electron chi connectivity index (χ3n) is 6.82. The van der Waals surface area contributed by atoms with Gasteiger partial charge in [0.15, 0.2) is 0 Å². The molecule has 5 heteroatoms. The predicted octanol–water partition coefficient (Wildman–Crippen LogP) is 5.43. The van der Waals surface area contributed by atoms with Crippen LogP contribution >= 0.6 is 11.3 Å². The molecule has 1 aromatic carbocycles. The Bertz CT molecular complexity index is 873. The summed E-state index contributed by atoms with van der Waals surface area (Å²) >= 11 is 1.78. The molecule has 1 aliphatic carbocycles. The minimum absolute atomic E-state index is 0.0548. The molecule has 4 nitrogen and oxygen atoms in total. The lowest BCUT2D eigenvalue weighted by Gasteiger charge is -2.37. The van der Waals surface area contributed by atoms with Crippen LogP contribution in [-0.2, 0) is 16.0 Å². The number of hydrogen-bond acceptors (Lipinski definition) is 3. The van der Waals surface area contributed by atoms with Crippen molar-refractivity contribution in [2.24, 2.45) is 5.92 Å². The van der Waals surface area contributed by atoms with Crippen LogP contribution in [-0.4, -0.2) is 41.2 Å². The number of fused-ring (bicyclic) bond motifs is 1. The molecule has 0 N–H and O–H groups in total. The molecule has 1 aliphatic heterocycles. The van der Waals surface area contributed by atoms with E-state index in [-0.39, 0.29) is 24.4 Å². The first-order valence-electron chi connectivity index (χ1n) is 11.9. The standard InChI is InChI=1S/C26H34N2O2S/c1-2-16-27(24(29)13-12-20-8-6-7-9-20)19-25(30)28-17-14-23-22(15-18-31-23)26(28)21-10-4-3-5-11-21/h3-5,10-11,15,18,20,26H,2,6-9,12-14,16-17,19H2,1H3. The molecule has 0 bridgehead atoms. The van der Waals surface area contributed by atoms with Gasteiger partial charge in [0.25, 0.3) is 0 Å². The number of carbonyl (C=O) groups is 2. The number of rotatable bonds is 8. The maximum absolute atomic E-state index is 13.5. The Kier molecular flexibility index (Phi) is 7.44. The highest BCUT2D eigenvalue weighted by atomic mass is 32.1. The minimum atomic E-state index is -0.0548. The van der Waals surface area contributed by atoms with E-state index in [1.54, 1.807) is 11.3 Å². The molecule has 166 valence electrons. The van der Waals surface area contributed by atoms with Crippen LogP contribution in [0.1, 0.15) is 73.9 Å². The average molecular weight is 439 g/mol. The van der Waals surface area contributed by atoms with Gasteiger partial charge in [-0.3, -0.25) is 9.59 Å². The molecule has 2 heterocycles. The Hall–Kier alpha value is -2.14. The van der Waals surface area contributed by atoms with Crippen LogP contribution in [0.15, 0.2) is 41.8 Å². The van der Waals surface area contributed by atoms with Crippen molar-refractivity contribution in [3.05, 3.63) is 57.8 Å². The van der Waals surface area contributed by atoms with Gasteiger partial charge in [-0.2, -0.15) is 0 Å². The van der Waals surface area contributed by atoms with Crippen LogP contribution in [0.3, 0.4) is 0 Å². The van der Waals surface area contributed by atoms with Gasteiger partial charge >= 0.3 is 0 Å². The smallest absolute Gasteiger partial charge is 0.242 e. The Labute approximate surface area is 190 Å². The van der Waals surface area contributed by atoms with Gasteiger partial charge in [0.1, 0.15) is 0 Å². The molecular weight excluding hydrogens is 404 g/mol. The van der Waals surface area contributed by atoms with Gasteiger partial charge in [0.2, 0.25) is 11.8 Å². The van der Waals surface area contributed by atoms with E-state index in [4.69, 9.17) is 0 Å². The van der Waals surface area contributed by atoms with Crippen molar-refractivity contribution in [1.29, 1.82) is 0 Å². The van der Waals surface area contributed by atoms with Crippen LogP contribution < -0.4 is 0 Å². The molecule has 1 saturated carbocycles. The lowest BCUT2D eigenvalue weighted by molar-refractivity contribution is -0.142. The number of carbonyl (C=O) groups excluding carboxylic acids is 2. The summed E-state index contributed by atoms with van der Waals surface area (Å²) in [6.07, 6.45) is 8.44. The fourth-order valence-corrected chi connectivity index (χ4v) is 6.08. The lowest BCUT2D eigenvalue weighted by Crippen LogP contribution is -2.47. The highest BCUT2D eigenvalue weighted by molar-refractivity contribution is 7.10. The largest absolute Gasteiger partial charge is 0.333 e. The number of nitrogens with zero attached hydrogens (tertiary/aromatic N) is 2. The van der Waals surface area contributed by atoms with E-state index in [9.17, 15) is 9.59 Å². The van der Waals surface area contributed by atoms with E-state index >= 15 is 0 Å². The van der Waals surface area contributed by atoms with Crippen LogP contribution in [0, 0.1) is 5.92 Å². The van der Waals surface area contributed by atoms with Gasteiger partial charge in [-0.25, -0.2) is 0 Å². The van der Waals surface area contributed by atoms with E-state index in [1.165, 1.54) is 36.1 Å². The molecule has 0 saturated heterocycles. The quantitative estimate of drug-likeness (QED) is 0.551. The van der Waals surface area contributed by atoms with Gasteiger partial charge in [-0.05, 0) is 47.8 Å². The molecule has 2 aromatic rings. The van der Waals surface area contributed by atoms with Gasteiger partial charge in [-0.1, -0.05) is 62.9 Å². The number of amides is 2. The van der Waals surface area contributed by atoms with Crippen LogP contribution in [0.4, 0.5) is 0 Å². The molecule has 1 aromatic heterocycles. The summed E-state index contributed by atoms with van der Waals surface area (Å²) in [4.78, 5) is 31.6. The summed E-state index contributed by atoms with van der Waals surface area (Å²) in [7, 11) is 0. The number of thiophene rings is 1. The monoisotopic (exact) mass is 438 g/mol. The van der Waals surface area contributed by atoms with Crippen molar-refractivity contribution in [3.8, 4) is 0 Å². The summed E-state index contributed by atoms with van der Waals surface area (Å²) in [6.45, 7) is 3.64. The number of hydrogen-bond donors (Lipinski definition) is 0. The average Bonchev–Trinajstić information content (AvgIpc) is 3.48.